The lowest BCUT2D eigenvalue weighted by atomic mass is 9.76. The van der Waals surface area contributed by atoms with Crippen LogP contribution in [-0.2, 0) is 0 Å². The first-order valence-electron chi connectivity index (χ1n) is 8.00. The minimum atomic E-state index is 0.0985. The molecule has 23 heavy (non-hydrogen) atoms. The lowest BCUT2D eigenvalue weighted by Gasteiger charge is -2.37. The third kappa shape index (κ3) is 2.33. The van der Waals surface area contributed by atoms with E-state index in [0.717, 1.165) is 23.2 Å². The Morgan fingerprint density at radius 3 is 2.87 bits per heavy atom. The Morgan fingerprint density at radius 1 is 1.22 bits per heavy atom. The summed E-state index contributed by atoms with van der Waals surface area (Å²) in [7, 11) is 0. The van der Waals surface area contributed by atoms with Gasteiger partial charge in [-0.3, -0.25) is 4.79 Å². The van der Waals surface area contributed by atoms with E-state index in [0.29, 0.717) is 17.6 Å². The molecule has 3 nitrogen and oxygen atoms in total. The number of hydrogen-bond acceptors (Lipinski definition) is 3. The molecule has 0 saturated carbocycles. The number of rotatable bonds is 2. The average Bonchev–Trinajstić information content (AvgIpc) is 3.03. The fourth-order valence-electron chi connectivity index (χ4n) is 3.86. The van der Waals surface area contributed by atoms with Gasteiger partial charge in [-0.2, -0.15) is 0 Å². The molecule has 1 aliphatic carbocycles. The van der Waals surface area contributed by atoms with Crippen LogP contribution in [0.15, 0.2) is 54.6 Å². The number of ketones is 1. The second-order valence-electron chi connectivity index (χ2n) is 6.43. The first-order chi connectivity index (χ1) is 11.1. The quantitative estimate of drug-likeness (QED) is 0.638. The first kappa shape index (κ1) is 14.1. The molecule has 2 aromatic carbocycles. The Kier molecular flexibility index (Phi) is 3.22. The number of phenolic OH excluding ortho intramolecular Hbond substituents is 1. The molecule has 116 valence electrons. The van der Waals surface area contributed by atoms with Gasteiger partial charge in [-0.25, -0.2) is 0 Å². The van der Waals surface area contributed by atoms with Gasteiger partial charge in [0.2, 0.25) is 0 Å². The summed E-state index contributed by atoms with van der Waals surface area (Å²) < 4.78 is 0. The van der Waals surface area contributed by atoms with E-state index in [-0.39, 0.29) is 11.8 Å². The Labute approximate surface area is 135 Å². The lowest BCUT2D eigenvalue weighted by Crippen LogP contribution is -2.29. The Bertz CT molecular complexity index is 809. The number of fused-ring (bicyclic) bond motifs is 3. The van der Waals surface area contributed by atoms with Crippen molar-refractivity contribution in [2.75, 3.05) is 5.32 Å². The summed E-state index contributed by atoms with van der Waals surface area (Å²) in [6.07, 6.45) is 5.48. The molecule has 4 rings (SSSR count). The van der Waals surface area contributed by atoms with E-state index < -0.39 is 0 Å². The van der Waals surface area contributed by atoms with E-state index in [2.05, 4.69) is 23.5 Å². The number of allylic oxidation sites excluding steroid dienone is 2. The zero-order valence-electron chi connectivity index (χ0n) is 13.0. The number of hydrogen-bond donors (Lipinski definition) is 2. The van der Waals surface area contributed by atoms with Crippen molar-refractivity contribution in [3.63, 3.8) is 0 Å². The van der Waals surface area contributed by atoms with Gasteiger partial charge in [-0.1, -0.05) is 24.3 Å². The summed E-state index contributed by atoms with van der Waals surface area (Å²) in [5.41, 5.74) is 4.15. The first-order valence-corrected chi connectivity index (χ1v) is 8.00. The standard InChI is InChI=1S/C20H19NO2/c1-12(22)13-8-9-19-18(11-13)16-6-3-7-17(16)20(21-19)14-4-2-5-15(23)10-14/h2-6,8-11,16-17,20-21,23H,7H2,1H3. The van der Waals surface area contributed by atoms with Gasteiger partial charge >= 0.3 is 0 Å². The van der Waals surface area contributed by atoms with Crippen LogP contribution in [0, 0.1) is 5.92 Å². The molecular formula is C20H19NO2. The molecule has 0 radical (unpaired) electrons. The summed E-state index contributed by atoms with van der Waals surface area (Å²) in [6.45, 7) is 1.61. The smallest absolute Gasteiger partial charge is 0.159 e. The van der Waals surface area contributed by atoms with Crippen LogP contribution < -0.4 is 5.32 Å². The molecular weight excluding hydrogens is 286 g/mol. The van der Waals surface area contributed by atoms with Crippen LogP contribution in [-0.4, -0.2) is 10.9 Å². The summed E-state index contributed by atoms with van der Waals surface area (Å²) >= 11 is 0. The maximum atomic E-state index is 11.7. The second kappa shape index (κ2) is 5.27. The molecule has 0 saturated heterocycles. The summed E-state index contributed by atoms with van der Waals surface area (Å²) in [6, 6.07) is 13.6. The maximum absolute atomic E-state index is 11.7. The average molecular weight is 305 g/mol. The van der Waals surface area contributed by atoms with Crippen molar-refractivity contribution < 1.29 is 9.90 Å². The SMILES string of the molecule is CC(=O)c1ccc2c(c1)C1C=CCC1C(c1cccc(O)c1)N2. The van der Waals surface area contributed by atoms with Crippen LogP contribution in [0.5, 0.6) is 5.75 Å². The molecule has 0 bridgehead atoms. The van der Waals surface area contributed by atoms with E-state index in [4.69, 9.17) is 0 Å². The van der Waals surface area contributed by atoms with Crippen LogP contribution in [0.3, 0.4) is 0 Å². The molecule has 0 spiro atoms. The van der Waals surface area contributed by atoms with Crippen molar-refractivity contribution in [1.29, 1.82) is 0 Å². The summed E-state index contributed by atoms with van der Waals surface area (Å²) in [5.74, 6) is 1.12. The minimum absolute atomic E-state index is 0.0985. The summed E-state index contributed by atoms with van der Waals surface area (Å²) in [4.78, 5) is 11.7. The number of Topliss-reactive ketones (excluding diaryl/α,β-unsaturated/α-hetero) is 1. The molecule has 2 aliphatic rings. The van der Waals surface area contributed by atoms with Gasteiger partial charge in [-0.15, -0.1) is 0 Å². The van der Waals surface area contributed by atoms with Crippen LogP contribution in [0.4, 0.5) is 5.69 Å². The van der Waals surface area contributed by atoms with Gasteiger partial charge in [-0.05, 0) is 60.7 Å². The molecule has 3 atom stereocenters. The van der Waals surface area contributed by atoms with Crippen LogP contribution in [0.1, 0.15) is 46.8 Å². The number of benzene rings is 2. The predicted molar refractivity (Wildman–Crippen MR) is 90.9 cm³/mol. The van der Waals surface area contributed by atoms with Gasteiger partial charge in [0.15, 0.2) is 5.78 Å². The zero-order valence-corrected chi connectivity index (χ0v) is 13.0. The van der Waals surface area contributed by atoms with Crippen LogP contribution in [0.2, 0.25) is 0 Å². The Morgan fingerprint density at radius 2 is 2.09 bits per heavy atom. The van der Waals surface area contributed by atoms with Gasteiger partial charge in [0.05, 0.1) is 6.04 Å². The molecule has 2 aromatic rings. The molecule has 1 heterocycles. The fraction of sp³-hybridized carbons (Fsp3) is 0.250. The third-order valence-corrected chi connectivity index (χ3v) is 5.00. The fourth-order valence-corrected chi connectivity index (χ4v) is 3.86. The highest BCUT2D eigenvalue weighted by atomic mass is 16.3. The minimum Gasteiger partial charge on any atom is -0.508 e. The number of nitrogens with one attached hydrogen (secondary N) is 1. The lowest BCUT2D eigenvalue weighted by molar-refractivity contribution is 0.101. The highest BCUT2D eigenvalue weighted by molar-refractivity contribution is 5.95. The molecule has 0 fully saturated rings. The zero-order chi connectivity index (χ0) is 16.0. The van der Waals surface area contributed by atoms with Crippen LogP contribution >= 0.6 is 0 Å². The monoisotopic (exact) mass is 305 g/mol. The number of carbonyl (C=O) groups excluding carboxylic acids is 1. The highest BCUT2D eigenvalue weighted by Crippen LogP contribution is 2.50. The van der Waals surface area contributed by atoms with Crippen LogP contribution in [0.25, 0.3) is 0 Å². The number of anilines is 1. The van der Waals surface area contributed by atoms with E-state index in [1.165, 1.54) is 5.56 Å². The number of phenols is 1. The van der Waals surface area contributed by atoms with Gasteiger partial charge in [0.1, 0.15) is 5.75 Å². The van der Waals surface area contributed by atoms with Gasteiger partial charge < -0.3 is 10.4 Å². The van der Waals surface area contributed by atoms with Crippen molar-refractivity contribution >= 4 is 11.5 Å². The summed E-state index contributed by atoms with van der Waals surface area (Å²) in [5, 5.41) is 13.4. The molecule has 3 heteroatoms. The van der Waals surface area contributed by atoms with Gasteiger partial charge in [0, 0.05) is 17.2 Å². The maximum Gasteiger partial charge on any atom is 0.159 e. The molecule has 3 unspecified atom stereocenters. The van der Waals surface area contributed by atoms with E-state index in [1.807, 2.05) is 30.3 Å². The van der Waals surface area contributed by atoms with E-state index in [9.17, 15) is 9.90 Å². The normalized spacial score (nSPS) is 24.7. The second-order valence-corrected chi connectivity index (χ2v) is 6.43. The Balaban J connectivity index is 1.79. The van der Waals surface area contributed by atoms with E-state index in [1.54, 1.807) is 13.0 Å². The van der Waals surface area contributed by atoms with Crippen molar-refractivity contribution in [2.45, 2.75) is 25.3 Å². The molecule has 0 amide bonds. The Hall–Kier alpha value is -2.55. The topological polar surface area (TPSA) is 49.3 Å². The number of carbonyl (C=O) groups is 1. The van der Waals surface area contributed by atoms with Gasteiger partial charge in [0.25, 0.3) is 0 Å². The predicted octanol–water partition coefficient (Wildman–Crippen LogP) is 4.42. The third-order valence-electron chi connectivity index (χ3n) is 5.00. The largest absolute Gasteiger partial charge is 0.508 e. The molecule has 0 aromatic heterocycles. The highest BCUT2D eigenvalue weighted by Gasteiger charge is 2.38. The van der Waals surface area contributed by atoms with Crippen molar-refractivity contribution in [1.82, 2.24) is 0 Å². The van der Waals surface area contributed by atoms with Crippen molar-refractivity contribution in [2.24, 2.45) is 5.92 Å². The van der Waals surface area contributed by atoms with E-state index >= 15 is 0 Å². The molecule has 1 aliphatic heterocycles. The molecule has 2 N–H and O–H groups in total. The van der Waals surface area contributed by atoms with Crippen molar-refractivity contribution in [3.8, 4) is 5.75 Å². The number of aromatic hydroxyl groups is 1. The van der Waals surface area contributed by atoms with Crippen molar-refractivity contribution in [3.05, 3.63) is 71.3 Å².